The Balaban J connectivity index is 5.68. The maximum Gasteiger partial charge on any atom is 0.330 e. The summed E-state index contributed by atoms with van der Waals surface area (Å²) in [5.74, 6) is -0.205. The molecule has 0 rings (SSSR count). The first-order chi connectivity index (χ1) is 12.2. The van der Waals surface area contributed by atoms with Crippen molar-refractivity contribution in [3.05, 3.63) is 11.3 Å². The zero-order valence-corrected chi connectivity index (χ0v) is 20.7. The molecule has 0 saturated carbocycles. The minimum absolute atomic E-state index is 0.0921. The van der Waals surface area contributed by atoms with Gasteiger partial charge in [0.05, 0.1) is 20.8 Å². The van der Waals surface area contributed by atoms with Gasteiger partial charge in [-0.15, -0.1) is 0 Å². The molecule has 5 heteroatoms. The summed E-state index contributed by atoms with van der Waals surface area (Å²) in [5, 5.41) is 1.24. The predicted octanol–water partition coefficient (Wildman–Crippen LogP) is 6.71. The van der Waals surface area contributed by atoms with E-state index < -0.39 is 16.4 Å². The number of hydrogen-bond donors (Lipinski definition) is 0. The summed E-state index contributed by atoms with van der Waals surface area (Å²) in [6.07, 6.45) is 7.83. The van der Waals surface area contributed by atoms with Gasteiger partial charge in [-0.2, -0.15) is 0 Å². The second-order valence-electron chi connectivity index (χ2n) is 8.30. The Morgan fingerprint density at radius 1 is 0.923 bits per heavy atom. The lowest BCUT2D eigenvalue weighted by molar-refractivity contribution is -0.137. The molecule has 0 fully saturated rings. The van der Waals surface area contributed by atoms with Crippen molar-refractivity contribution in [3.8, 4) is 0 Å². The van der Waals surface area contributed by atoms with E-state index in [0.29, 0.717) is 6.61 Å². The van der Waals surface area contributed by atoms with Crippen LogP contribution in [-0.2, 0) is 14.0 Å². The molecule has 1 unspecified atom stereocenters. The highest BCUT2D eigenvalue weighted by molar-refractivity contribution is 6.83. The van der Waals surface area contributed by atoms with Gasteiger partial charge in [0.25, 0.3) is 0 Å². The van der Waals surface area contributed by atoms with Crippen LogP contribution in [0.3, 0.4) is 0 Å². The van der Waals surface area contributed by atoms with Crippen molar-refractivity contribution in [2.75, 3.05) is 6.61 Å². The molecule has 3 nitrogen and oxygen atoms in total. The molecule has 0 spiro atoms. The Hall–Kier alpha value is -0.396. The van der Waals surface area contributed by atoms with Gasteiger partial charge >= 0.3 is 5.97 Å². The maximum atomic E-state index is 12.2. The van der Waals surface area contributed by atoms with E-state index in [9.17, 15) is 4.79 Å². The van der Waals surface area contributed by atoms with Gasteiger partial charge in [0.2, 0.25) is 0 Å². The topological polar surface area (TPSA) is 35.5 Å². The molecular weight excluding hydrogens is 356 g/mol. The largest absolute Gasteiger partial charge is 0.463 e. The molecule has 0 bridgehead atoms. The first-order valence-electron chi connectivity index (χ1n) is 10.8. The minimum atomic E-state index is -1.73. The van der Waals surface area contributed by atoms with E-state index in [1.54, 1.807) is 6.08 Å². The van der Waals surface area contributed by atoms with Crippen LogP contribution in [-0.4, -0.2) is 35.1 Å². The summed E-state index contributed by atoms with van der Waals surface area (Å²) in [7, 11) is -3.42. The highest BCUT2D eigenvalue weighted by atomic mass is 28.4. The van der Waals surface area contributed by atoms with Crippen LogP contribution >= 0.6 is 0 Å². The molecule has 1 atom stereocenters. The molecule has 0 heterocycles. The molecule has 0 aromatic carbocycles. The molecule has 0 aromatic heterocycles. The number of unbranched alkanes of at least 4 members (excludes halogenated alkanes) is 3. The van der Waals surface area contributed by atoms with Gasteiger partial charge in [0, 0.05) is 6.08 Å². The second kappa shape index (κ2) is 12.9. The molecule has 0 aromatic rings. The van der Waals surface area contributed by atoms with Crippen LogP contribution in [0.15, 0.2) is 11.3 Å². The third-order valence-corrected chi connectivity index (χ3v) is 12.3. The summed E-state index contributed by atoms with van der Waals surface area (Å²) in [5.41, 5.74) is 0. The van der Waals surface area contributed by atoms with Crippen LogP contribution in [0.4, 0.5) is 0 Å². The van der Waals surface area contributed by atoms with E-state index in [4.69, 9.17) is 9.16 Å². The van der Waals surface area contributed by atoms with Crippen LogP contribution < -0.4 is 0 Å². The van der Waals surface area contributed by atoms with Gasteiger partial charge in [0.1, 0.15) is 0 Å². The SMILES string of the molecule is CCCCCCC(O[Si](CC)(CC)CC)/C(=C/C(=O)OCC)[Si](C)(C)C. The standard InChI is InChI=1S/C21H44O3Si2/c1-9-14-15-16-17-19(24-26(11-3,12-4)13-5)20(25(6,7)8)18-21(22)23-10-2/h18-19H,9-17H2,1-8H3/b20-18-. The number of carbonyl (C=O) groups excluding carboxylic acids is 1. The van der Waals surface area contributed by atoms with E-state index in [1.165, 1.54) is 30.9 Å². The molecule has 0 N–H and O–H groups in total. The Labute approximate surface area is 165 Å². The molecule has 0 saturated heterocycles. The number of esters is 1. The average Bonchev–Trinajstić information content (AvgIpc) is 2.59. The van der Waals surface area contributed by atoms with Gasteiger partial charge in [-0.05, 0) is 36.7 Å². The van der Waals surface area contributed by atoms with Crippen molar-refractivity contribution in [3.63, 3.8) is 0 Å². The van der Waals surface area contributed by atoms with Crippen LogP contribution in [0, 0.1) is 0 Å². The number of hydrogen-bond acceptors (Lipinski definition) is 3. The highest BCUT2D eigenvalue weighted by Crippen LogP contribution is 2.31. The zero-order chi connectivity index (χ0) is 20.2. The molecule has 0 radical (unpaired) electrons. The minimum Gasteiger partial charge on any atom is -0.463 e. The van der Waals surface area contributed by atoms with E-state index in [-0.39, 0.29) is 12.1 Å². The lowest BCUT2D eigenvalue weighted by Crippen LogP contribution is -2.44. The first-order valence-corrected chi connectivity index (χ1v) is 16.8. The molecule has 0 aliphatic heterocycles. The van der Waals surface area contributed by atoms with E-state index in [0.717, 1.165) is 24.6 Å². The monoisotopic (exact) mass is 400 g/mol. The zero-order valence-electron chi connectivity index (χ0n) is 18.7. The normalized spacial score (nSPS) is 14.4. The number of rotatable bonds is 14. The van der Waals surface area contributed by atoms with Crippen molar-refractivity contribution in [2.45, 2.75) is 111 Å². The van der Waals surface area contributed by atoms with Gasteiger partial charge < -0.3 is 9.16 Å². The van der Waals surface area contributed by atoms with E-state index in [2.05, 4.69) is 47.3 Å². The summed E-state index contributed by atoms with van der Waals surface area (Å²) in [6.45, 7) is 18.3. The summed E-state index contributed by atoms with van der Waals surface area (Å²) >= 11 is 0. The van der Waals surface area contributed by atoms with E-state index >= 15 is 0 Å². The quantitative estimate of drug-likeness (QED) is 0.141. The van der Waals surface area contributed by atoms with Crippen LogP contribution in [0.1, 0.15) is 66.7 Å². The maximum absolute atomic E-state index is 12.2. The summed E-state index contributed by atoms with van der Waals surface area (Å²) in [4.78, 5) is 12.2. The van der Waals surface area contributed by atoms with Crippen molar-refractivity contribution in [1.82, 2.24) is 0 Å². The highest BCUT2D eigenvalue weighted by Gasteiger charge is 2.36. The van der Waals surface area contributed by atoms with E-state index in [1.807, 2.05) is 6.92 Å². The number of ether oxygens (including phenoxy) is 1. The van der Waals surface area contributed by atoms with Crippen LogP contribution in [0.5, 0.6) is 0 Å². The Kier molecular flexibility index (Phi) is 12.7. The van der Waals surface area contributed by atoms with Crippen molar-refractivity contribution in [1.29, 1.82) is 0 Å². The Bertz CT molecular complexity index is 415. The molecular formula is C21H44O3Si2. The smallest absolute Gasteiger partial charge is 0.330 e. The van der Waals surface area contributed by atoms with Gasteiger partial charge in [-0.1, -0.05) is 73.0 Å². The fourth-order valence-corrected chi connectivity index (χ4v) is 8.13. The second-order valence-corrected chi connectivity index (χ2v) is 18.1. The third kappa shape index (κ3) is 9.00. The lowest BCUT2D eigenvalue weighted by atomic mass is 10.1. The van der Waals surface area contributed by atoms with Gasteiger partial charge in [-0.25, -0.2) is 4.79 Å². The van der Waals surface area contributed by atoms with Crippen molar-refractivity contribution >= 4 is 22.4 Å². The van der Waals surface area contributed by atoms with Crippen LogP contribution in [0.25, 0.3) is 0 Å². The molecule has 0 amide bonds. The van der Waals surface area contributed by atoms with Gasteiger partial charge in [-0.3, -0.25) is 0 Å². The Morgan fingerprint density at radius 2 is 1.50 bits per heavy atom. The fraction of sp³-hybridized carbons (Fsp3) is 0.857. The molecule has 154 valence electrons. The average molecular weight is 401 g/mol. The number of carbonyl (C=O) groups is 1. The van der Waals surface area contributed by atoms with Crippen molar-refractivity contribution in [2.24, 2.45) is 0 Å². The lowest BCUT2D eigenvalue weighted by Gasteiger charge is -2.38. The first kappa shape index (κ1) is 25.6. The third-order valence-electron chi connectivity index (χ3n) is 5.42. The summed E-state index contributed by atoms with van der Waals surface area (Å²) in [6, 6.07) is 3.43. The van der Waals surface area contributed by atoms with Crippen molar-refractivity contribution < 1.29 is 14.0 Å². The molecule has 0 aliphatic carbocycles. The summed E-state index contributed by atoms with van der Waals surface area (Å²) < 4.78 is 12.2. The predicted molar refractivity (Wildman–Crippen MR) is 119 cm³/mol. The molecule has 0 aliphatic rings. The Morgan fingerprint density at radius 3 is 1.92 bits per heavy atom. The van der Waals surface area contributed by atoms with Crippen LogP contribution in [0.2, 0.25) is 37.8 Å². The van der Waals surface area contributed by atoms with Gasteiger partial charge in [0.15, 0.2) is 8.32 Å². The molecule has 26 heavy (non-hydrogen) atoms. The fourth-order valence-electron chi connectivity index (χ4n) is 3.44.